The van der Waals surface area contributed by atoms with Crippen molar-refractivity contribution in [2.24, 2.45) is 0 Å². The van der Waals surface area contributed by atoms with Crippen LogP contribution in [0.5, 0.6) is 0 Å². The summed E-state index contributed by atoms with van der Waals surface area (Å²) in [6.45, 7) is 10.3. The summed E-state index contributed by atoms with van der Waals surface area (Å²) >= 11 is 1.61. The minimum Gasteiger partial charge on any atom is -0.368 e. The topological polar surface area (TPSA) is 64.4 Å². The fourth-order valence-electron chi connectivity index (χ4n) is 4.40. The van der Waals surface area contributed by atoms with E-state index >= 15 is 0 Å². The fourth-order valence-corrected chi connectivity index (χ4v) is 5.43. The molecule has 0 aliphatic carbocycles. The van der Waals surface area contributed by atoms with Crippen LogP contribution in [0.1, 0.15) is 67.8 Å². The number of aromatic nitrogens is 2. The third-order valence-corrected chi connectivity index (χ3v) is 7.23. The van der Waals surface area contributed by atoms with Gasteiger partial charge in [-0.1, -0.05) is 13.8 Å². The number of hydrogen-bond acceptors (Lipinski definition) is 5. The molecule has 1 amide bonds. The van der Waals surface area contributed by atoms with E-state index in [0.29, 0.717) is 19.7 Å². The van der Waals surface area contributed by atoms with Crippen molar-refractivity contribution in [2.45, 2.75) is 71.4 Å². The maximum absolute atomic E-state index is 13.4. The molecule has 0 radical (unpaired) electrons. The van der Waals surface area contributed by atoms with Crippen molar-refractivity contribution in [3.8, 4) is 0 Å². The molecular formula is C21H29N3O3S. The summed E-state index contributed by atoms with van der Waals surface area (Å²) in [6, 6.07) is 0.0925. The van der Waals surface area contributed by atoms with E-state index in [-0.39, 0.29) is 29.5 Å². The van der Waals surface area contributed by atoms with E-state index in [9.17, 15) is 9.59 Å². The number of aryl methyl sites for hydroxylation is 2. The van der Waals surface area contributed by atoms with Crippen molar-refractivity contribution in [1.29, 1.82) is 0 Å². The third-order valence-electron chi connectivity index (χ3n) is 6.13. The molecule has 2 fully saturated rings. The van der Waals surface area contributed by atoms with Crippen molar-refractivity contribution in [3.05, 3.63) is 26.6 Å². The molecule has 2 aromatic heterocycles. The molecule has 2 saturated heterocycles. The zero-order valence-electron chi connectivity index (χ0n) is 17.2. The predicted molar refractivity (Wildman–Crippen MR) is 111 cm³/mol. The van der Waals surface area contributed by atoms with Crippen molar-refractivity contribution in [3.63, 3.8) is 0 Å². The lowest BCUT2D eigenvalue weighted by Gasteiger charge is -2.35. The van der Waals surface area contributed by atoms with E-state index in [1.54, 1.807) is 11.3 Å². The molecule has 28 heavy (non-hydrogen) atoms. The number of likely N-dealkylation sites (tertiary alicyclic amines) is 1. The Labute approximate surface area is 169 Å². The summed E-state index contributed by atoms with van der Waals surface area (Å²) in [5.41, 5.74) is 1.13. The van der Waals surface area contributed by atoms with Gasteiger partial charge in [0, 0.05) is 36.5 Å². The third kappa shape index (κ3) is 3.28. The highest BCUT2D eigenvalue weighted by atomic mass is 32.1. The number of piperidine rings is 1. The van der Waals surface area contributed by atoms with Gasteiger partial charge in [-0.25, -0.2) is 4.98 Å². The molecule has 1 atom stereocenters. The Balaban J connectivity index is 1.63. The first kappa shape index (κ1) is 19.6. The van der Waals surface area contributed by atoms with Crippen LogP contribution in [-0.2, 0) is 9.53 Å². The number of fused-ring (bicyclic) bond motifs is 1. The largest absolute Gasteiger partial charge is 0.368 e. The number of thiophene rings is 1. The summed E-state index contributed by atoms with van der Waals surface area (Å²) in [7, 11) is 0. The van der Waals surface area contributed by atoms with E-state index in [2.05, 4.69) is 20.8 Å². The van der Waals surface area contributed by atoms with Crippen LogP contribution in [0.4, 0.5) is 0 Å². The van der Waals surface area contributed by atoms with Crippen LogP contribution in [0.2, 0.25) is 0 Å². The zero-order chi connectivity index (χ0) is 20.0. The van der Waals surface area contributed by atoms with Crippen LogP contribution in [0.25, 0.3) is 10.2 Å². The first-order valence-corrected chi connectivity index (χ1v) is 11.1. The number of carbonyl (C=O) groups is 1. The number of carbonyl (C=O) groups excluding carboxylic acids is 1. The Morgan fingerprint density at radius 2 is 1.93 bits per heavy atom. The molecule has 2 aliphatic rings. The summed E-state index contributed by atoms with van der Waals surface area (Å²) in [6.07, 6.45) is 3.10. The molecule has 0 spiro atoms. The molecule has 2 aromatic rings. The highest BCUT2D eigenvalue weighted by Gasteiger charge is 2.32. The van der Waals surface area contributed by atoms with Gasteiger partial charge in [-0.05, 0) is 45.1 Å². The Hall–Kier alpha value is -1.73. The number of amides is 1. The normalized spacial score (nSPS) is 21.2. The average molecular weight is 404 g/mol. The second kappa shape index (κ2) is 7.59. The number of nitrogens with zero attached hydrogens (tertiary/aromatic N) is 3. The summed E-state index contributed by atoms with van der Waals surface area (Å²) in [4.78, 5) is 34.9. The lowest BCUT2D eigenvalue weighted by Crippen LogP contribution is -2.45. The van der Waals surface area contributed by atoms with E-state index in [1.807, 2.05) is 16.4 Å². The number of ether oxygens (including phenoxy) is 1. The molecule has 2 aliphatic heterocycles. The van der Waals surface area contributed by atoms with E-state index in [0.717, 1.165) is 52.2 Å². The molecule has 0 saturated carbocycles. The number of hydrogen-bond donors (Lipinski definition) is 0. The molecule has 0 aromatic carbocycles. The Kier molecular flexibility index (Phi) is 5.31. The molecular weight excluding hydrogens is 374 g/mol. The van der Waals surface area contributed by atoms with Gasteiger partial charge in [-0.15, -0.1) is 11.3 Å². The molecule has 152 valence electrons. The maximum Gasteiger partial charge on any atom is 0.262 e. The van der Waals surface area contributed by atoms with Gasteiger partial charge in [0.2, 0.25) is 0 Å². The Bertz CT molecular complexity index is 948. The minimum atomic E-state index is -0.264. The molecule has 4 heterocycles. The van der Waals surface area contributed by atoms with E-state index < -0.39 is 0 Å². The monoisotopic (exact) mass is 403 g/mol. The highest BCUT2D eigenvalue weighted by Crippen LogP contribution is 2.31. The summed E-state index contributed by atoms with van der Waals surface area (Å²) in [5.74, 6) is 1.15. The predicted octanol–water partition coefficient (Wildman–Crippen LogP) is 3.54. The lowest BCUT2D eigenvalue weighted by atomic mass is 10.0. The van der Waals surface area contributed by atoms with Gasteiger partial charge in [0.1, 0.15) is 16.8 Å². The molecule has 0 unspecified atom stereocenters. The smallest absolute Gasteiger partial charge is 0.262 e. The second-order valence-corrected chi connectivity index (χ2v) is 9.52. The SMILES string of the molecule is Cc1sc2nc(C(C)C)n(C3CCN(C(=O)[C@@H]4CCCO4)CC3)c(=O)c2c1C. The van der Waals surface area contributed by atoms with Gasteiger partial charge in [0.15, 0.2) is 0 Å². The number of rotatable bonds is 3. The van der Waals surface area contributed by atoms with Crippen molar-refractivity contribution in [1.82, 2.24) is 14.5 Å². The lowest BCUT2D eigenvalue weighted by molar-refractivity contribution is -0.142. The van der Waals surface area contributed by atoms with Crippen molar-refractivity contribution in [2.75, 3.05) is 19.7 Å². The van der Waals surface area contributed by atoms with Crippen LogP contribution in [0.15, 0.2) is 4.79 Å². The molecule has 0 bridgehead atoms. The van der Waals surface area contributed by atoms with Crippen LogP contribution in [0.3, 0.4) is 0 Å². The van der Waals surface area contributed by atoms with Crippen molar-refractivity contribution < 1.29 is 9.53 Å². The molecule has 0 N–H and O–H groups in total. The van der Waals surface area contributed by atoms with Gasteiger partial charge in [-0.3, -0.25) is 14.2 Å². The molecule has 7 heteroatoms. The quantitative estimate of drug-likeness (QED) is 0.786. The fraction of sp³-hybridized carbons (Fsp3) is 0.667. The second-order valence-electron chi connectivity index (χ2n) is 8.32. The van der Waals surface area contributed by atoms with Crippen LogP contribution in [-0.4, -0.2) is 46.2 Å². The van der Waals surface area contributed by atoms with Gasteiger partial charge < -0.3 is 9.64 Å². The van der Waals surface area contributed by atoms with Crippen LogP contribution < -0.4 is 5.56 Å². The van der Waals surface area contributed by atoms with Gasteiger partial charge in [-0.2, -0.15) is 0 Å². The minimum absolute atomic E-state index is 0.0828. The maximum atomic E-state index is 13.4. The highest BCUT2D eigenvalue weighted by molar-refractivity contribution is 7.18. The Morgan fingerprint density at radius 1 is 1.21 bits per heavy atom. The van der Waals surface area contributed by atoms with Crippen molar-refractivity contribution >= 4 is 27.5 Å². The van der Waals surface area contributed by atoms with E-state index in [1.165, 1.54) is 0 Å². The van der Waals surface area contributed by atoms with E-state index in [4.69, 9.17) is 9.72 Å². The zero-order valence-corrected chi connectivity index (χ0v) is 18.0. The average Bonchev–Trinajstić information content (AvgIpc) is 3.30. The standard InChI is InChI=1S/C21H29N3O3S/c1-12(2)18-22-19-17(13(3)14(4)28-19)21(26)24(18)15-7-9-23(10-8-15)20(25)16-6-5-11-27-16/h12,15-16H,5-11H2,1-4H3/t16-/m0/s1. The van der Waals surface area contributed by atoms with Gasteiger partial charge in [0.05, 0.1) is 5.39 Å². The van der Waals surface area contributed by atoms with Crippen LogP contribution >= 0.6 is 11.3 Å². The summed E-state index contributed by atoms with van der Waals surface area (Å²) in [5, 5.41) is 0.768. The van der Waals surface area contributed by atoms with Gasteiger partial charge >= 0.3 is 0 Å². The molecule has 4 rings (SSSR count). The first-order chi connectivity index (χ1) is 13.4. The Morgan fingerprint density at radius 3 is 2.54 bits per heavy atom. The molecule has 6 nitrogen and oxygen atoms in total. The van der Waals surface area contributed by atoms with Gasteiger partial charge in [0.25, 0.3) is 11.5 Å². The summed E-state index contributed by atoms with van der Waals surface area (Å²) < 4.78 is 7.49. The first-order valence-electron chi connectivity index (χ1n) is 10.3. The van der Waals surface area contributed by atoms with Crippen LogP contribution in [0, 0.1) is 13.8 Å².